The van der Waals surface area contributed by atoms with Gasteiger partial charge >= 0.3 is 5.97 Å². The van der Waals surface area contributed by atoms with Crippen LogP contribution < -0.4 is 10.1 Å². The minimum Gasteiger partial charge on any atom is -0.489 e. The van der Waals surface area contributed by atoms with E-state index < -0.39 is 5.97 Å². The van der Waals surface area contributed by atoms with E-state index in [4.69, 9.17) is 21.4 Å². The van der Waals surface area contributed by atoms with Gasteiger partial charge in [-0.25, -0.2) is 0 Å². The first-order valence-electron chi connectivity index (χ1n) is 4.56. The van der Waals surface area contributed by atoms with Gasteiger partial charge in [-0.1, -0.05) is 11.6 Å². The highest BCUT2D eigenvalue weighted by Gasteiger charge is 2.20. The number of nitrogens with one attached hydrogen (secondary N) is 1. The fourth-order valence-corrected chi connectivity index (χ4v) is 1.69. The van der Waals surface area contributed by atoms with Crippen molar-refractivity contribution in [1.29, 1.82) is 0 Å². The summed E-state index contributed by atoms with van der Waals surface area (Å²) in [6, 6.07) is 5.03. The highest BCUT2D eigenvalue weighted by atomic mass is 35.5. The van der Waals surface area contributed by atoms with Gasteiger partial charge in [0, 0.05) is 5.02 Å². The normalized spacial score (nSPS) is 18.6. The zero-order valence-corrected chi connectivity index (χ0v) is 8.62. The zero-order chi connectivity index (χ0) is 10.8. The molecule has 0 amide bonds. The summed E-state index contributed by atoms with van der Waals surface area (Å²) in [5, 5.41) is 12.3. The first-order valence-corrected chi connectivity index (χ1v) is 4.93. The van der Waals surface area contributed by atoms with Crippen LogP contribution in [0.2, 0.25) is 5.02 Å². The zero-order valence-electron chi connectivity index (χ0n) is 7.87. The maximum absolute atomic E-state index is 10.5. The molecule has 5 heteroatoms. The van der Waals surface area contributed by atoms with Crippen molar-refractivity contribution in [3.05, 3.63) is 23.2 Å². The Hall–Kier alpha value is -1.42. The number of hydrogen-bond acceptors (Lipinski definition) is 3. The number of benzene rings is 1. The van der Waals surface area contributed by atoms with Crippen molar-refractivity contribution in [2.75, 3.05) is 11.9 Å². The summed E-state index contributed by atoms with van der Waals surface area (Å²) in [6.07, 6.45) is 0.0337. The van der Waals surface area contributed by atoms with E-state index in [2.05, 4.69) is 5.32 Å². The number of halogens is 1. The average Bonchev–Trinajstić information content (AvgIpc) is 2.16. The highest BCUT2D eigenvalue weighted by molar-refractivity contribution is 6.30. The number of carbonyl (C=O) groups is 1. The molecule has 1 aromatic carbocycles. The number of anilines is 1. The van der Waals surface area contributed by atoms with E-state index >= 15 is 0 Å². The van der Waals surface area contributed by atoms with E-state index in [1.807, 2.05) is 0 Å². The quantitative estimate of drug-likeness (QED) is 0.811. The number of rotatable bonds is 2. The van der Waals surface area contributed by atoms with Crippen molar-refractivity contribution >= 4 is 23.3 Å². The molecule has 80 valence electrons. The standard InChI is InChI=1S/C10H10ClNO3/c11-6-1-2-9-8(3-6)12-7(5-15-9)4-10(13)14/h1-3,7,12H,4-5H2,(H,13,14)/t7-/m0/s1. The first kappa shape index (κ1) is 10.1. The lowest BCUT2D eigenvalue weighted by Crippen LogP contribution is -2.33. The average molecular weight is 228 g/mol. The molecule has 15 heavy (non-hydrogen) atoms. The van der Waals surface area contributed by atoms with E-state index in [0.717, 1.165) is 5.69 Å². The molecule has 0 bridgehead atoms. The van der Waals surface area contributed by atoms with E-state index in [0.29, 0.717) is 17.4 Å². The van der Waals surface area contributed by atoms with Crippen LogP contribution in [0.25, 0.3) is 0 Å². The number of aliphatic carboxylic acids is 1. The third-order valence-corrected chi connectivity index (χ3v) is 2.40. The Morgan fingerprint density at radius 2 is 2.47 bits per heavy atom. The minimum atomic E-state index is -0.846. The molecule has 0 spiro atoms. The molecule has 1 aliphatic rings. The number of ether oxygens (including phenoxy) is 1. The van der Waals surface area contributed by atoms with Crippen molar-refractivity contribution in [3.8, 4) is 5.75 Å². The molecule has 2 N–H and O–H groups in total. The summed E-state index contributed by atoms with van der Waals surface area (Å²) >= 11 is 5.82. The molecule has 0 fully saturated rings. The second kappa shape index (κ2) is 3.98. The van der Waals surface area contributed by atoms with Gasteiger partial charge in [-0.05, 0) is 18.2 Å². The second-order valence-electron chi connectivity index (χ2n) is 3.39. The molecule has 0 aliphatic carbocycles. The van der Waals surface area contributed by atoms with Gasteiger partial charge < -0.3 is 15.2 Å². The predicted molar refractivity (Wildman–Crippen MR) is 56.6 cm³/mol. The first-order chi connectivity index (χ1) is 7.15. The fraction of sp³-hybridized carbons (Fsp3) is 0.300. The Morgan fingerprint density at radius 1 is 1.67 bits per heavy atom. The lowest BCUT2D eigenvalue weighted by atomic mass is 10.1. The number of fused-ring (bicyclic) bond motifs is 1. The molecule has 4 nitrogen and oxygen atoms in total. The van der Waals surface area contributed by atoms with Crippen molar-refractivity contribution in [1.82, 2.24) is 0 Å². The Kier molecular flexibility index (Phi) is 2.68. The Balaban J connectivity index is 2.14. The molecule has 0 aromatic heterocycles. The summed E-state index contributed by atoms with van der Waals surface area (Å²) < 4.78 is 5.41. The van der Waals surface area contributed by atoms with Crippen LogP contribution >= 0.6 is 11.6 Å². The summed E-state index contributed by atoms with van der Waals surface area (Å²) in [5.74, 6) is -0.136. The van der Waals surface area contributed by atoms with E-state index in [1.165, 1.54) is 0 Å². The highest BCUT2D eigenvalue weighted by Crippen LogP contribution is 2.31. The van der Waals surface area contributed by atoms with E-state index in [9.17, 15) is 4.79 Å². The molecule has 1 aromatic rings. The van der Waals surface area contributed by atoms with Crippen molar-refractivity contribution in [2.24, 2.45) is 0 Å². The third kappa shape index (κ3) is 2.33. The van der Waals surface area contributed by atoms with Crippen LogP contribution in [0.3, 0.4) is 0 Å². The molecular weight excluding hydrogens is 218 g/mol. The summed E-state index contributed by atoms with van der Waals surface area (Å²) in [5.41, 5.74) is 0.750. The van der Waals surface area contributed by atoms with Gasteiger partial charge in [-0.2, -0.15) is 0 Å². The number of hydrogen-bond donors (Lipinski definition) is 2. The molecule has 2 rings (SSSR count). The van der Waals surface area contributed by atoms with Gasteiger partial charge in [0.2, 0.25) is 0 Å². The van der Waals surface area contributed by atoms with Crippen molar-refractivity contribution in [2.45, 2.75) is 12.5 Å². The van der Waals surface area contributed by atoms with Crippen LogP contribution in [0.15, 0.2) is 18.2 Å². The van der Waals surface area contributed by atoms with E-state index in [-0.39, 0.29) is 12.5 Å². The van der Waals surface area contributed by atoms with Gasteiger partial charge in [-0.3, -0.25) is 4.79 Å². The molecular formula is C10H10ClNO3. The second-order valence-corrected chi connectivity index (χ2v) is 3.83. The molecule has 0 saturated carbocycles. The smallest absolute Gasteiger partial charge is 0.305 e. The maximum Gasteiger partial charge on any atom is 0.305 e. The monoisotopic (exact) mass is 227 g/mol. The molecule has 1 aliphatic heterocycles. The topological polar surface area (TPSA) is 58.6 Å². The molecule has 0 radical (unpaired) electrons. The Bertz CT molecular complexity index is 394. The van der Waals surface area contributed by atoms with Gasteiger partial charge in [0.15, 0.2) is 0 Å². The van der Waals surface area contributed by atoms with Crippen LogP contribution in [0.5, 0.6) is 5.75 Å². The Morgan fingerprint density at radius 3 is 3.20 bits per heavy atom. The molecule has 0 saturated heterocycles. The minimum absolute atomic E-state index is 0.0337. The lowest BCUT2D eigenvalue weighted by Gasteiger charge is -2.26. The van der Waals surface area contributed by atoms with Crippen molar-refractivity contribution in [3.63, 3.8) is 0 Å². The van der Waals surface area contributed by atoms with Crippen LogP contribution in [-0.2, 0) is 4.79 Å². The lowest BCUT2D eigenvalue weighted by molar-refractivity contribution is -0.137. The van der Waals surface area contributed by atoms with Gasteiger partial charge in [0.25, 0.3) is 0 Å². The van der Waals surface area contributed by atoms with Gasteiger partial charge in [0.05, 0.1) is 18.2 Å². The summed E-state index contributed by atoms with van der Waals surface area (Å²) in [7, 11) is 0. The largest absolute Gasteiger partial charge is 0.489 e. The van der Waals surface area contributed by atoms with Gasteiger partial charge in [0.1, 0.15) is 12.4 Å². The number of carboxylic acid groups (broad SMARTS) is 1. The van der Waals surface area contributed by atoms with Crippen molar-refractivity contribution < 1.29 is 14.6 Å². The Labute approximate surface area is 91.8 Å². The predicted octanol–water partition coefficient (Wildman–Crippen LogP) is 1.99. The number of carboxylic acids is 1. The summed E-state index contributed by atoms with van der Waals surface area (Å²) in [6.45, 7) is 0.362. The SMILES string of the molecule is O=C(O)C[C@H]1COc2ccc(Cl)cc2N1. The molecule has 1 atom stereocenters. The third-order valence-electron chi connectivity index (χ3n) is 2.16. The maximum atomic E-state index is 10.5. The van der Waals surface area contributed by atoms with Crippen LogP contribution in [0.1, 0.15) is 6.42 Å². The summed E-state index contributed by atoms with van der Waals surface area (Å²) in [4.78, 5) is 10.5. The van der Waals surface area contributed by atoms with Crippen LogP contribution in [-0.4, -0.2) is 23.7 Å². The van der Waals surface area contributed by atoms with Crippen LogP contribution in [0, 0.1) is 0 Å². The molecule has 1 heterocycles. The fourth-order valence-electron chi connectivity index (χ4n) is 1.51. The van der Waals surface area contributed by atoms with Gasteiger partial charge in [-0.15, -0.1) is 0 Å². The molecule has 0 unspecified atom stereocenters. The van der Waals surface area contributed by atoms with Crippen LogP contribution in [0.4, 0.5) is 5.69 Å². The van der Waals surface area contributed by atoms with E-state index in [1.54, 1.807) is 18.2 Å².